The van der Waals surface area contributed by atoms with Crippen LogP contribution in [0.15, 0.2) is 29.3 Å². The van der Waals surface area contributed by atoms with Crippen molar-refractivity contribution in [2.24, 2.45) is 4.99 Å². The van der Waals surface area contributed by atoms with E-state index in [1.54, 1.807) is 0 Å². The third-order valence-electron chi connectivity index (χ3n) is 5.62. The Morgan fingerprint density at radius 3 is 2.38 bits per heavy atom. The van der Waals surface area contributed by atoms with Gasteiger partial charge in [-0.25, -0.2) is 0 Å². The van der Waals surface area contributed by atoms with E-state index in [1.165, 1.54) is 11.1 Å². The number of hydrogen-bond acceptors (Lipinski definition) is 3. The lowest BCUT2D eigenvalue weighted by Crippen LogP contribution is -2.41. The second kappa shape index (κ2) is 13.4. The maximum atomic E-state index is 9.60. The van der Waals surface area contributed by atoms with E-state index < -0.39 is 0 Å². The largest absolute Gasteiger partial charge is 0.393 e. The molecule has 1 saturated heterocycles. The van der Waals surface area contributed by atoms with Gasteiger partial charge in [0.2, 0.25) is 0 Å². The molecule has 0 saturated carbocycles. The van der Waals surface area contributed by atoms with Crippen LogP contribution in [-0.4, -0.2) is 61.3 Å². The van der Waals surface area contributed by atoms with Gasteiger partial charge in [0.05, 0.1) is 12.6 Å². The molecule has 166 valence electrons. The fraction of sp³-hybridized carbons (Fsp3) is 0.696. The molecule has 0 atom stereocenters. The topological polar surface area (TPSA) is 59.9 Å². The zero-order valence-corrected chi connectivity index (χ0v) is 21.0. The summed E-state index contributed by atoms with van der Waals surface area (Å²) in [6.07, 6.45) is 3.88. The highest BCUT2D eigenvalue weighted by atomic mass is 127. The summed E-state index contributed by atoms with van der Waals surface area (Å²) < 4.78 is 0. The molecular weight excluding hydrogens is 475 g/mol. The summed E-state index contributed by atoms with van der Waals surface area (Å²) >= 11 is 0. The number of aliphatic hydroxyl groups is 1. The van der Waals surface area contributed by atoms with Crippen LogP contribution in [0, 0.1) is 0 Å². The van der Waals surface area contributed by atoms with Crippen LogP contribution in [0.2, 0.25) is 0 Å². The molecule has 1 heterocycles. The number of aliphatic hydroxyl groups excluding tert-OH is 1. The number of hydrogen-bond donors (Lipinski definition) is 3. The highest BCUT2D eigenvalue weighted by Crippen LogP contribution is 2.24. The van der Waals surface area contributed by atoms with Gasteiger partial charge in [0.25, 0.3) is 0 Å². The molecule has 1 aromatic carbocycles. The van der Waals surface area contributed by atoms with Gasteiger partial charge in [-0.1, -0.05) is 45.0 Å². The standard InChI is InChI=1S/C23H40N4O.HI/c1-5-19-8-10-20(11-9-19)23(3,4)18-26-22(24-6-2)25-14-7-15-27-16-12-21(28)13-17-27;/h8-11,21,28H,5-7,12-18H2,1-4H3,(H2,24,25,26);1H. The predicted molar refractivity (Wildman–Crippen MR) is 135 cm³/mol. The number of halogens is 1. The molecule has 3 N–H and O–H groups in total. The Morgan fingerprint density at radius 2 is 1.79 bits per heavy atom. The van der Waals surface area contributed by atoms with Gasteiger partial charge in [-0.2, -0.15) is 0 Å². The number of benzene rings is 1. The molecular formula is C23H41IN4O. The van der Waals surface area contributed by atoms with Crippen LogP contribution in [0.5, 0.6) is 0 Å². The molecule has 0 aliphatic carbocycles. The molecule has 0 bridgehead atoms. The van der Waals surface area contributed by atoms with Crippen molar-refractivity contribution in [3.8, 4) is 0 Å². The zero-order chi connectivity index (χ0) is 20.4. The molecule has 0 spiro atoms. The average molecular weight is 517 g/mol. The third kappa shape index (κ3) is 9.22. The number of rotatable bonds is 9. The average Bonchev–Trinajstić information content (AvgIpc) is 2.70. The van der Waals surface area contributed by atoms with Gasteiger partial charge >= 0.3 is 0 Å². The van der Waals surface area contributed by atoms with E-state index in [2.05, 4.69) is 67.5 Å². The lowest BCUT2D eigenvalue weighted by Gasteiger charge is -2.29. The van der Waals surface area contributed by atoms with Gasteiger partial charge in [0.15, 0.2) is 5.96 Å². The zero-order valence-electron chi connectivity index (χ0n) is 18.7. The van der Waals surface area contributed by atoms with Crippen LogP contribution in [-0.2, 0) is 11.8 Å². The van der Waals surface area contributed by atoms with Crippen molar-refractivity contribution in [2.45, 2.75) is 64.9 Å². The van der Waals surface area contributed by atoms with E-state index in [-0.39, 0.29) is 35.5 Å². The van der Waals surface area contributed by atoms with Crippen molar-refractivity contribution in [1.82, 2.24) is 15.5 Å². The lowest BCUT2D eigenvalue weighted by atomic mass is 9.84. The van der Waals surface area contributed by atoms with E-state index in [9.17, 15) is 5.11 Å². The fourth-order valence-electron chi connectivity index (χ4n) is 3.55. The van der Waals surface area contributed by atoms with Crippen LogP contribution in [0.3, 0.4) is 0 Å². The molecule has 1 aromatic rings. The summed E-state index contributed by atoms with van der Waals surface area (Å²) in [5, 5.41) is 16.4. The maximum absolute atomic E-state index is 9.60. The first-order chi connectivity index (χ1) is 13.4. The van der Waals surface area contributed by atoms with E-state index in [0.717, 1.165) is 70.9 Å². The van der Waals surface area contributed by atoms with Gasteiger partial charge in [0, 0.05) is 31.6 Å². The van der Waals surface area contributed by atoms with Crippen LogP contribution in [0.25, 0.3) is 0 Å². The molecule has 0 unspecified atom stereocenters. The Hall–Kier alpha value is -0.860. The summed E-state index contributed by atoms with van der Waals surface area (Å²) in [5.74, 6) is 0.898. The monoisotopic (exact) mass is 516 g/mol. The third-order valence-corrected chi connectivity index (χ3v) is 5.62. The van der Waals surface area contributed by atoms with Gasteiger partial charge in [-0.3, -0.25) is 4.99 Å². The Balaban J connectivity index is 0.00000420. The number of nitrogens with zero attached hydrogens (tertiary/aromatic N) is 2. The number of aryl methyl sites for hydroxylation is 1. The molecule has 1 aliphatic heterocycles. The Labute approximate surface area is 194 Å². The molecule has 6 heteroatoms. The Morgan fingerprint density at radius 1 is 1.14 bits per heavy atom. The quantitative estimate of drug-likeness (QED) is 0.204. The maximum Gasteiger partial charge on any atom is 0.191 e. The van der Waals surface area contributed by atoms with Crippen LogP contribution in [0.4, 0.5) is 0 Å². The molecule has 1 fully saturated rings. The molecule has 1 aliphatic rings. The first-order valence-corrected chi connectivity index (χ1v) is 11.0. The number of likely N-dealkylation sites (tertiary alicyclic amines) is 1. The molecule has 0 aromatic heterocycles. The SMILES string of the molecule is CCNC(=NCC(C)(C)c1ccc(CC)cc1)NCCCN1CCC(O)CC1.I. The van der Waals surface area contributed by atoms with Crippen molar-refractivity contribution in [3.05, 3.63) is 35.4 Å². The number of guanidine groups is 1. The Kier molecular flexibility index (Phi) is 12.1. The van der Waals surface area contributed by atoms with Crippen molar-refractivity contribution in [1.29, 1.82) is 0 Å². The first kappa shape index (κ1) is 26.2. The second-order valence-electron chi connectivity index (χ2n) is 8.48. The first-order valence-electron chi connectivity index (χ1n) is 11.0. The van der Waals surface area contributed by atoms with Gasteiger partial charge in [0.1, 0.15) is 0 Å². The minimum absolute atomic E-state index is 0. The highest BCUT2D eigenvalue weighted by molar-refractivity contribution is 14.0. The number of nitrogens with one attached hydrogen (secondary N) is 2. The van der Waals surface area contributed by atoms with Crippen LogP contribution < -0.4 is 10.6 Å². The van der Waals surface area contributed by atoms with Crippen molar-refractivity contribution in [3.63, 3.8) is 0 Å². The number of piperidine rings is 1. The van der Waals surface area contributed by atoms with Crippen LogP contribution in [0.1, 0.15) is 58.1 Å². The summed E-state index contributed by atoms with van der Waals surface area (Å²) in [4.78, 5) is 7.29. The van der Waals surface area contributed by atoms with Crippen molar-refractivity contribution < 1.29 is 5.11 Å². The molecule has 29 heavy (non-hydrogen) atoms. The molecule has 2 rings (SSSR count). The van der Waals surface area contributed by atoms with Gasteiger partial charge in [-0.15, -0.1) is 24.0 Å². The van der Waals surface area contributed by atoms with Gasteiger partial charge < -0.3 is 20.6 Å². The molecule has 0 radical (unpaired) electrons. The minimum atomic E-state index is -0.0941. The summed E-state index contributed by atoms with van der Waals surface area (Å²) in [6.45, 7) is 14.4. The van der Waals surface area contributed by atoms with E-state index in [1.807, 2.05) is 0 Å². The van der Waals surface area contributed by atoms with Crippen LogP contribution >= 0.6 is 24.0 Å². The fourth-order valence-corrected chi connectivity index (χ4v) is 3.55. The van der Waals surface area contributed by atoms with E-state index >= 15 is 0 Å². The smallest absolute Gasteiger partial charge is 0.191 e. The minimum Gasteiger partial charge on any atom is -0.393 e. The summed E-state index contributed by atoms with van der Waals surface area (Å²) in [5.41, 5.74) is 2.71. The molecule has 5 nitrogen and oxygen atoms in total. The predicted octanol–water partition coefficient (Wildman–Crippen LogP) is 3.55. The lowest BCUT2D eigenvalue weighted by molar-refractivity contribution is 0.0823. The second-order valence-corrected chi connectivity index (χ2v) is 8.48. The summed E-state index contributed by atoms with van der Waals surface area (Å²) in [6, 6.07) is 8.93. The van der Waals surface area contributed by atoms with Gasteiger partial charge in [-0.05, 0) is 50.3 Å². The normalized spacial score (nSPS) is 16.4. The Bertz CT molecular complexity index is 595. The highest BCUT2D eigenvalue weighted by Gasteiger charge is 2.20. The van der Waals surface area contributed by atoms with Crippen molar-refractivity contribution >= 4 is 29.9 Å². The van der Waals surface area contributed by atoms with Crippen molar-refractivity contribution in [2.75, 3.05) is 39.3 Å². The molecule has 0 amide bonds. The summed E-state index contributed by atoms with van der Waals surface area (Å²) in [7, 11) is 0. The van der Waals surface area contributed by atoms with E-state index in [4.69, 9.17) is 4.99 Å². The van der Waals surface area contributed by atoms with E-state index in [0.29, 0.717) is 0 Å². The number of aliphatic imine (C=N–C) groups is 1.